The van der Waals surface area contributed by atoms with Gasteiger partial charge < -0.3 is 4.74 Å². The highest BCUT2D eigenvalue weighted by atomic mass is 32.4. The molecular weight excluding hydrogens is 365 g/mol. The Balaban J connectivity index is 1.71. The molecule has 0 spiro atoms. The third-order valence-electron chi connectivity index (χ3n) is 5.12. The molecule has 1 saturated heterocycles. The zero-order chi connectivity index (χ0) is 18.9. The molecule has 26 heavy (non-hydrogen) atoms. The van der Waals surface area contributed by atoms with E-state index >= 15 is 0 Å². The molecule has 2 aliphatic rings. The van der Waals surface area contributed by atoms with Crippen LogP contribution in [0.5, 0.6) is 0 Å². The molecule has 1 fully saturated rings. The van der Waals surface area contributed by atoms with Gasteiger partial charge in [0.05, 0.1) is 6.04 Å². The summed E-state index contributed by atoms with van der Waals surface area (Å²) in [5.41, 5.74) is 3.52. The Bertz CT molecular complexity index is 809. The van der Waals surface area contributed by atoms with Gasteiger partial charge in [-0.05, 0) is 48.6 Å². The number of cyclic esters (lactones) is 1. The number of nitrogens with zero attached hydrogens (tertiary/aromatic N) is 1. The summed E-state index contributed by atoms with van der Waals surface area (Å²) in [6.45, 7) is 6.38. The first kappa shape index (κ1) is 19.1. The second-order valence-electron chi connectivity index (χ2n) is 7.13. The first-order valence-corrected chi connectivity index (χ1v) is 11.8. The van der Waals surface area contributed by atoms with E-state index in [4.69, 9.17) is 16.5 Å². The van der Waals surface area contributed by atoms with E-state index in [1.807, 2.05) is 37.3 Å². The maximum atomic E-state index is 12.9. The lowest BCUT2D eigenvalue weighted by atomic mass is 10.1. The molecule has 2 amide bonds. The van der Waals surface area contributed by atoms with Crippen molar-refractivity contribution in [3.63, 3.8) is 0 Å². The second kappa shape index (κ2) is 7.50. The van der Waals surface area contributed by atoms with Crippen LogP contribution in [0.3, 0.4) is 0 Å². The van der Waals surface area contributed by atoms with Gasteiger partial charge in [0, 0.05) is 18.1 Å². The van der Waals surface area contributed by atoms with Crippen LogP contribution in [0.2, 0.25) is 0 Å². The molecule has 2 heterocycles. The summed E-state index contributed by atoms with van der Waals surface area (Å²) in [4.78, 5) is 26.3. The minimum Gasteiger partial charge on any atom is -0.447 e. The molecule has 6 heteroatoms. The lowest BCUT2D eigenvalue weighted by molar-refractivity contribution is -0.129. The molecule has 138 valence electrons. The Morgan fingerprint density at radius 3 is 2.50 bits per heavy atom. The molecule has 0 radical (unpaired) electrons. The van der Waals surface area contributed by atoms with Crippen LogP contribution in [-0.2, 0) is 27.8 Å². The molecule has 4 nitrogen and oxygen atoms in total. The minimum atomic E-state index is -1.86. The van der Waals surface area contributed by atoms with Gasteiger partial charge in [-0.25, -0.2) is 9.69 Å². The molecule has 0 aliphatic carbocycles. The third kappa shape index (κ3) is 3.84. The van der Waals surface area contributed by atoms with E-state index < -0.39 is 12.1 Å². The first-order chi connectivity index (χ1) is 12.3. The average molecular weight is 389 g/mol. The van der Waals surface area contributed by atoms with Gasteiger partial charge in [0.25, 0.3) is 0 Å². The van der Waals surface area contributed by atoms with Crippen LogP contribution in [0.4, 0.5) is 4.79 Å². The number of carbonyl (C=O) groups excluding carboxylic acids is 2. The number of benzene rings is 1. The Hall–Kier alpha value is -1.71. The van der Waals surface area contributed by atoms with Crippen LogP contribution >= 0.6 is 6.04 Å². The molecule has 2 atom stereocenters. The Labute approximate surface area is 159 Å². The first-order valence-electron chi connectivity index (χ1n) is 8.81. The zero-order valence-corrected chi connectivity index (χ0v) is 17.1. The van der Waals surface area contributed by atoms with E-state index in [-0.39, 0.29) is 30.6 Å². The smallest absolute Gasteiger partial charge is 0.416 e. The van der Waals surface area contributed by atoms with E-state index in [9.17, 15) is 9.59 Å². The standard InChI is InChI=1S/C20H24NO3PS/c1-14-12-25(26,13-15(14)2)16(3)9-19(22)21-18(11-24-20(21)23)10-17-7-5-4-6-8-17/h4-8,12-13,16,18H,9-11H2,1-3H3/t16?,18-/m0/s1. The van der Waals surface area contributed by atoms with Gasteiger partial charge in [-0.2, -0.15) is 0 Å². The van der Waals surface area contributed by atoms with Crippen molar-refractivity contribution in [3.05, 3.63) is 58.7 Å². The highest BCUT2D eigenvalue weighted by Gasteiger charge is 2.39. The molecule has 0 aromatic heterocycles. The molecule has 0 N–H and O–H groups in total. The molecule has 0 bridgehead atoms. The quantitative estimate of drug-likeness (QED) is 0.688. The number of hydrogen-bond acceptors (Lipinski definition) is 4. The number of rotatable bonds is 5. The van der Waals surface area contributed by atoms with Crippen molar-refractivity contribution >= 4 is 29.8 Å². The van der Waals surface area contributed by atoms with Crippen LogP contribution in [0.1, 0.15) is 32.8 Å². The van der Waals surface area contributed by atoms with E-state index in [0.29, 0.717) is 6.42 Å². The van der Waals surface area contributed by atoms with Gasteiger partial charge in [0.15, 0.2) is 0 Å². The van der Waals surface area contributed by atoms with Gasteiger partial charge in [-0.15, -0.1) is 0 Å². The monoisotopic (exact) mass is 389 g/mol. The van der Waals surface area contributed by atoms with Crippen molar-refractivity contribution in [1.29, 1.82) is 0 Å². The Morgan fingerprint density at radius 1 is 1.27 bits per heavy atom. The number of carbonyl (C=O) groups is 2. The van der Waals surface area contributed by atoms with Crippen LogP contribution in [0.15, 0.2) is 53.1 Å². The number of amides is 2. The fraction of sp³-hybridized carbons (Fsp3) is 0.400. The van der Waals surface area contributed by atoms with E-state index in [0.717, 1.165) is 5.56 Å². The third-order valence-corrected chi connectivity index (χ3v) is 9.97. The summed E-state index contributed by atoms with van der Waals surface area (Å²) in [7, 11) is 0. The summed E-state index contributed by atoms with van der Waals surface area (Å²) in [6.07, 6.45) is 0.342. The number of imide groups is 1. The van der Waals surface area contributed by atoms with Gasteiger partial charge in [-0.3, -0.25) is 4.79 Å². The van der Waals surface area contributed by atoms with Gasteiger partial charge in [0.2, 0.25) is 5.91 Å². The Morgan fingerprint density at radius 2 is 1.88 bits per heavy atom. The predicted molar refractivity (Wildman–Crippen MR) is 108 cm³/mol. The highest BCUT2D eigenvalue weighted by molar-refractivity contribution is 8.18. The molecule has 1 unspecified atom stereocenters. The van der Waals surface area contributed by atoms with Crippen molar-refractivity contribution in [1.82, 2.24) is 4.90 Å². The van der Waals surface area contributed by atoms with Gasteiger partial charge >= 0.3 is 6.09 Å². The summed E-state index contributed by atoms with van der Waals surface area (Å²) >= 11 is 5.87. The SMILES string of the molecule is CC1=CP(=S)(C(C)CC(=O)N2C(=O)OC[C@@H]2Cc2ccccc2)C=C1C. The molecular formula is C20H24NO3PS. The lowest BCUT2D eigenvalue weighted by Gasteiger charge is -2.24. The maximum Gasteiger partial charge on any atom is 0.416 e. The fourth-order valence-corrected chi connectivity index (χ4v) is 7.21. The van der Waals surface area contributed by atoms with Crippen molar-refractivity contribution in [3.8, 4) is 0 Å². The largest absolute Gasteiger partial charge is 0.447 e. The Kier molecular flexibility index (Phi) is 5.50. The molecule has 3 rings (SSSR count). The van der Waals surface area contributed by atoms with Crippen LogP contribution in [0.25, 0.3) is 0 Å². The van der Waals surface area contributed by atoms with Crippen LogP contribution < -0.4 is 0 Å². The minimum absolute atomic E-state index is 0.0307. The number of ether oxygens (including phenoxy) is 1. The van der Waals surface area contributed by atoms with Crippen LogP contribution in [0, 0.1) is 0 Å². The average Bonchev–Trinajstić information content (AvgIpc) is 3.08. The van der Waals surface area contributed by atoms with Gasteiger partial charge in [0.1, 0.15) is 6.61 Å². The highest BCUT2D eigenvalue weighted by Crippen LogP contribution is 2.61. The number of allylic oxidation sites excluding steroid dienone is 2. The predicted octanol–water partition coefficient (Wildman–Crippen LogP) is 4.66. The normalized spacial score (nSPS) is 22.7. The second-order valence-corrected chi connectivity index (χ2v) is 11.9. The maximum absolute atomic E-state index is 12.9. The van der Waals surface area contributed by atoms with Crippen molar-refractivity contribution in [2.75, 3.05) is 6.61 Å². The van der Waals surface area contributed by atoms with E-state index in [1.54, 1.807) is 0 Å². The van der Waals surface area contributed by atoms with E-state index in [1.165, 1.54) is 16.0 Å². The summed E-state index contributed by atoms with van der Waals surface area (Å²) in [5.74, 6) is 4.12. The van der Waals surface area contributed by atoms with E-state index in [2.05, 4.69) is 25.5 Å². The summed E-state index contributed by atoms with van der Waals surface area (Å²) in [6, 6.07) is 7.74. The summed E-state index contributed by atoms with van der Waals surface area (Å²) < 4.78 is 5.16. The van der Waals surface area contributed by atoms with Crippen molar-refractivity contribution < 1.29 is 14.3 Å². The van der Waals surface area contributed by atoms with Crippen LogP contribution in [-0.4, -0.2) is 35.2 Å². The van der Waals surface area contributed by atoms with Gasteiger partial charge in [-0.1, -0.05) is 49.1 Å². The molecule has 1 aromatic carbocycles. The topological polar surface area (TPSA) is 46.6 Å². The molecule has 0 saturated carbocycles. The molecule has 1 aromatic rings. The van der Waals surface area contributed by atoms with Crippen molar-refractivity contribution in [2.24, 2.45) is 0 Å². The fourth-order valence-electron chi connectivity index (χ4n) is 3.40. The zero-order valence-electron chi connectivity index (χ0n) is 15.3. The van der Waals surface area contributed by atoms with Crippen molar-refractivity contribution in [2.45, 2.75) is 45.3 Å². The molecule has 2 aliphatic heterocycles. The summed E-state index contributed by atoms with van der Waals surface area (Å²) in [5, 5.41) is 0. The number of hydrogen-bond donors (Lipinski definition) is 0. The lowest BCUT2D eigenvalue weighted by Crippen LogP contribution is -2.41.